The number of hydrogen-bond donors (Lipinski definition) is 3. The number of aliphatic hydroxyl groups excluding tert-OH is 3. The van der Waals surface area contributed by atoms with Crippen molar-refractivity contribution < 1.29 is 39.1 Å². The van der Waals surface area contributed by atoms with Crippen molar-refractivity contribution in [1.82, 2.24) is 14.7 Å². The van der Waals surface area contributed by atoms with Crippen molar-refractivity contribution in [3.8, 4) is 0 Å². The number of methoxy groups -OCH3 is 1. The number of rotatable bonds is 8. The van der Waals surface area contributed by atoms with E-state index in [2.05, 4.69) is 30.7 Å². The van der Waals surface area contributed by atoms with Crippen LogP contribution in [0.3, 0.4) is 0 Å². The van der Waals surface area contributed by atoms with Crippen LogP contribution in [0, 0.1) is 29.1 Å². The Morgan fingerprint density at radius 2 is 1.74 bits per heavy atom. The molecule has 3 aliphatic heterocycles. The van der Waals surface area contributed by atoms with E-state index in [1.54, 1.807) is 21.0 Å². The Labute approximate surface area is 278 Å². The van der Waals surface area contributed by atoms with Gasteiger partial charge in [-0.2, -0.15) is 0 Å². The zero-order chi connectivity index (χ0) is 34.6. The Morgan fingerprint density at radius 1 is 1.11 bits per heavy atom. The molecule has 3 heterocycles. The smallest absolute Gasteiger partial charge is 0.185 e. The largest absolute Gasteiger partial charge is 0.396 e. The number of Topliss-reactive ketones (excluding diaryl/α,β-unsaturated/α-hetero) is 1. The highest BCUT2D eigenvalue weighted by Crippen LogP contribution is 2.39. The van der Waals surface area contributed by atoms with Crippen LogP contribution in [0.15, 0.2) is 0 Å². The highest BCUT2D eigenvalue weighted by Gasteiger charge is 2.51. The molecule has 0 bridgehead atoms. The number of aliphatic hydroxyl groups is 3. The van der Waals surface area contributed by atoms with Crippen molar-refractivity contribution in [3.05, 3.63) is 0 Å². The van der Waals surface area contributed by atoms with Crippen molar-refractivity contribution >= 4 is 5.78 Å². The molecule has 0 unspecified atom stereocenters. The second kappa shape index (κ2) is 16.8. The summed E-state index contributed by atoms with van der Waals surface area (Å²) < 4.78 is 25.3. The molecule has 0 aromatic rings. The molecule has 11 atom stereocenters. The number of carbonyl (C=O) groups is 1. The van der Waals surface area contributed by atoms with Gasteiger partial charge in [0.05, 0.1) is 29.8 Å². The SMILES string of the molecule is CO[C@]1(C)C[C@@H](C)CN(C)[C@@H](C2CCN(C[C@@H](C)CO)CC2)CO[C@@H](O)C(C)(C)C(=O)[C@H](C)[C@H]1O[C@@H]1O[C@H](C)C[C@H](N(C)C)[C@H]1O. The molecular weight excluding hydrogens is 590 g/mol. The summed E-state index contributed by atoms with van der Waals surface area (Å²) in [4.78, 5) is 21.1. The molecule has 0 radical (unpaired) electrons. The summed E-state index contributed by atoms with van der Waals surface area (Å²) in [6.45, 7) is 17.6. The third kappa shape index (κ3) is 9.49. The predicted octanol–water partition coefficient (Wildman–Crippen LogP) is 2.45. The summed E-state index contributed by atoms with van der Waals surface area (Å²) in [7, 11) is 7.65. The molecule has 0 amide bonds. The van der Waals surface area contributed by atoms with Crippen LogP contribution >= 0.6 is 0 Å². The topological polar surface area (TPSA) is 124 Å². The first-order valence-electron chi connectivity index (χ1n) is 17.5. The van der Waals surface area contributed by atoms with Gasteiger partial charge in [-0.05, 0) is 105 Å². The maximum atomic E-state index is 14.3. The minimum Gasteiger partial charge on any atom is -0.396 e. The van der Waals surface area contributed by atoms with Crippen molar-refractivity contribution in [3.63, 3.8) is 0 Å². The summed E-state index contributed by atoms with van der Waals surface area (Å²) in [5, 5.41) is 32.3. The fraction of sp³-hybridized carbons (Fsp3) is 0.971. The molecule has 46 heavy (non-hydrogen) atoms. The lowest BCUT2D eigenvalue weighted by Gasteiger charge is -2.47. The van der Waals surface area contributed by atoms with Gasteiger partial charge in [0.15, 0.2) is 12.6 Å². The van der Waals surface area contributed by atoms with Crippen LogP contribution in [-0.2, 0) is 23.7 Å². The molecule has 3 saturated heterocycles. The zero-order valence-corrected chi connectivity index (χ0v) is 30.6. The molecule has 0 aliphatic carbocycles. The first kappa shape index (κ1) is 39.7. The number of carbonyl (C=O) groups excluding carboxylic acids is 1. The highest BCUT2D eigenvalue weighted by molar-refractivity contribution is 5.87. The summed E-state index contributed by atoms with van der Waals surface area (Å²) >= 11 is 0. The average Bonchev–Trinajstić information content (AvgIpc) is 3.00. The van der Waals surface area contributed by atoms with Crippen LogP contribution in [0.25, 0.3) is 0 Å². The Kier molecular flexibility index (Phi) is 14.5. The third-order valence-electron chi connectivity index (χ3n) is 11.1. The molecule has 11 nitrogen and oxygen atoms in total. The summed E-state index contributed by atoms with van der Waals surface area (Å²) in [6.07, 6.45) is -0.800. The minimum absolute atomic E-state index is 0.0645. The van der Waals surface area contributed by atoms with Gasteiger partial charge in [0, 0.05) is 44.8 Å². The van der Waals surface area contributed by atoms with E-state index in [-0.39, 0.29) is 42.4 Å². The Hall–Kier alpha value is -0.730. The number of piperidine rings is 1. The zero-order valence-electron chi connectivity index (χ0n) is 30.6. The fourth-order valence-electron chi connectivity index (χ4n) is 8.18. The first-order valence-corrected chi connectivity index (χ1v) is 17.5. The van der Waals surface area contributed by atoms with Crippen LogP contribution in [0.1, 0.15) is 74.1 Å². The van der Waals surface area contributed by atoms with Gasteiger partial charge in [0.1, 0.15) is 11.9 Å². The van der Waals surface area contributed by atoms with E-state index in [0.717, 1.165) is 39.0 Å². The normalized spacial score (nSPS) is 40.7. The average molecular weight is 658 g/mol. The van der Waals surface area contributed by atoms with Gasteiger partial charge >= 0.3 is 0 Å². The predicted molar refractivity (Wildman–Crippen MR) is 178 cm³/mol. The molecule has 3 N–H and O–H groups in total. The molecule has 3 fully saturated rings. The molecule has 3 aliphatic rings. The number of ether oxygens (including phenoxy) is 4. The quantitative estimate of drug-likeness (QED) is 0.357. The van der Waals surface area contributed by atoms with Crippen LogP contribution in [0.5, 0.6) is 0 Å². The molecular formula is C35H67N3O8. The van der Waals surface area contributed by atoms with Crippen LogP contribution in [0.2, 0.25) is 0 Å². The van der Waals surface area contributed by atoms with Crippen molar-refractivity contribution in [2.75, 3.05) is 67.6 Å². The number of hydrogen-bond acceptors (Lipinski definition) is 11. The Balaban J connectivity index is 1.91. The second-order valence-electron chi connectivity index (χ2n) is 15.9. The number of ketones is 1. The second-order valence-corrected chi connectivity index (χ2v) is 15.9. The van der Waals surface area contributed by atoms with E-state index in [0.29, 0.717) is 25.4 Å². The van der Waals surface area contributed by atoms with Gasteiger partial charge in [0.2, 0.25) is 0 Å². The van der Waals surface area contributed by atoms with E-state index in [9.17, 15) is 20.1 Å². The van der Waals surface area contributed by atoms with Gasteiger partial charge in [-0.3, -0.25) is 4.79 Å². The van der Waals surface area contributed by atoms with E-state index in [1.165, 1.54) is 0 Å². The van der Waals surface area contributed by atoms with E-state index < -0.39 is 41.7 Å². The fourth-order valence-corrected chi connectivity index (χ4v) is 8.18. The van der Waals surface area contributed by atoms with E-state index in [4.69, 9.17) is 18.9 Å². The monoisotopic (exact) mass is 657 g/mol. The van der Waals surface area contributed by atoms with Gasteiger partial charge in [0.25, 0.3) is 0 Å². The van der Waals surface area contributed by atoms with Crippen LogP contribution < -0.4 is 0 Å². The standard InChI is InChI=1S/C35H67N3O8/c1-22-17-35(7,43-11)31(46-32-29(40)27(36(8)9)16-24(3)45-32)25(4)30(41)34(5,6)33(42)44-21-28(37(10)18-22)26-12-14-38(15-13-26)19-23(2)20-39/h22-29,31-33,39-40,42H,12-21H2,1-11H3/t22-,23-,24-,25+,27+,28-,29-,31-,32+,33-,35-/m1/s1. The van der Waals surface area contributed by atoms with Crippen molar-refractivity contribution in [2.24, 2.45) is 29.1 Å². The molecule has 0 aromatic heterocycles. The lowest BCUT2D eigenvalue weighted by Crippen LogP contribution is -2.59. The molecule has 270 valence electrons. The molecule has 0 saturated carbocycles. The molecule has 11 heteroatoms. The molecule has 3 rings (SSSR count). The summed E-state index contributed by atoms with van der Waals surface area (Å²) in [6, 6.07) is -0.0980. The Bertz CT molecular complexity index is 947. The molecule has 0 aromatic carbocycles. The highest BCUT2D eigenvalue weighted by atomic mass is 16.7. The Morgan fingerprint density at radius 3 is 2.30 bits per heavy atom. The number of likely N-dealkylation sites (N-methyl/N-ethyl adjacent to an activating group) is 2. The van der Waals surface area contributed by atoms with Crippen LogP contribution in [-0.4, -0.2) is 152 Å². The third-order valence-corrected chi connectivity index (χ3v) is 11.1. The number of nitrogens with zero attached hydrogens (tertiary/aromatic N) is 3. The van der Waals surface area contributed by atoms with Gasteiger partial charge < -0.3 is 49.0 Å². The minimum atomic E-state index is -1.31. The summed E-state index contributed by atoms with van der Waals surface area (Å²) in [5.74, 6) is -0.107. The van der Waals surface area contributed by atoms with Gasteiger partial charge in [-0.1, -0.05) is 20.8 Å². The van der Waals surface area contributed by atoms with E-state index in [1.807, 2.05) is 39.8 Å². The molecule has 0 spiro atoms. The lowest BCUT2D eigenvalue weighted by molar-refractivity contribution is -0.296. The van der Waals surface area contributed by atoms with Crippen LogP contribution in [0.4, 0.5) is 0 Å². The lowest BCUT2D eigenvalue weighted by atomic mass is 9.74. The number of likely N-dealkylation sites (tertiary alicyclic amines) is 1. The van der Waals surface area contributed by atoms with Gasteiger partial charge in [-0.25, -0.2) is 0 Å². The van der Waals surface area contributed by atoms with Crippen molar-refractivity contribution in [1.29, 1.82) is 0 Å². The van der Waals surface area contributed by atoms with E-state index >= 15 is 0 Å². The maximum absolute atomic E-state index is 14.3. The van der Waals surface area contributed by atoms with Gasteiger partial charge in [-0.15, -0.1) is 0 Å². The van der Waals surface area contributed by atoms with Crippen molar-refractivity contribution in [2.45, 2.75) is 123 Å². The maximum Gasteiger partial charge on any atom is 0.185 e. The first-order chi connectivity index (χ1) is 21.4. The summed E-state index contributed by atoms with van der Waals surface area (Å²) in [5.41, 5.74) is -2.12.